The topological polar surface area (TPSA) is 49.3 Å². The third-order valence-electron chi connectivity index (χ3n) is 6.39. The van der Waals surface area contributed by atoms with Crippen molar-refractivity contribution in [1.82, 2.24) is 14.9 Å². The Balaban J connectivity index is 1.28. The molecular formula is C20H23ClN4O. The average molecular weight is 371 g/mol. The second-order valence-corrected chi connectivity index (χ2v) is 8.42. The van der Waals surface area contributed by atoms with Crippen LogP contribution in [0.1, 0.15) is 25.7 Å². The largest absolute Gasteiger partial charge is 0.354 e. The predicted molar refractivity (Wildman–Crippen MR) is 102 cm³/mol. The molecule has 3 atom stereocenters. The highest BCUT2D eigenvalue weighted by atomic mass is 35.5. The van der Waals surface area contributed by atoms with Gasteiger partial charge in [-0.25, -0.2) is 4.98 Å². The Hall–Kier alpha value is -1.88. The van der Waals surface area contributed by atoms with Crippen molar-refractivity contribution in [3.8, 4) is 0 Å². The number of anilines is 1. The fourth-order valence-electron chi connectivity index (χ4n) is 4.97. The van der Waals surface area contributed by atoms with Gasteiger partial charge in [-0.1, -0.05) is 18.0 Å². The maximum Gasteiger partial charge on any atom is 0.227 e. The molecule has 5 rings (SSSR count). The first-order valence-electron chi connectivity index (χ1n) is 9.63. The number of rotatable bonds is 2. The molecule has 3 aliphatic rings. The van der Waals surface area contributed by atoms with Gasteiger partial charge in [-0.05, 0) is 49.3 Å². The summed E-state index contributed by atoms with van der Waals surface area (Å²) in [6, 6.07) is 5.56. The van der Waals surface area contributed by atoms with E-state index in [1.54, 1.807) is 6.20 Å². The van der Waals surface area contributed by atoms with Crippen molar-refractivity contribution in [1.29, 1.82) is 0 Å². The van der Waals surface area contributed by atoms with Crippen LogP contribution in [0.4, 0.5) is 5.82 Å². The van der Waals surface area contributed by atoms with E-state index in [9.17, 15) is 4.79 Å². The van der Waals surface area contributed by atoms with Gasteiger partial charge in [0.25, 0.3) is 0 Å². The van der Waals surface area contributed by atoms with Gasteiger partial charge in [0, 0.05) is 31.2 Å². The van der Waals surface area contributed by atoms with Gasteiger partial charge >= 0.3 is 0 Å². The zero-order valence-corrected chi connectivity index (χ0v) is 15.5. The van der Waals surface area contributed by atoms with Crippen LogP contribution in [0.25, 0.3) is 11.0 Å². The summed E-state index contributed by atoms with van der Waals surface area (Å²) < 4.78 is 0. The number of aromatic nitrogens is 2. The van der Waals surface area contributed by atoms with Crippen molar-refractivity contribution >= 4 is 34.4 Å². The molecule has 1 aromatic heterocycles. The van der Waals surface area contributed by atoms with E-state index in [1.807, 2.05) is 18.2 Å². The van der Waals surface area contributed by atoms with Gasteiger partial charge < -0.3 is 9.80 Å². The number of halogens is 1. The lowest BCUT2D eigenvalue weighted by Gasteiger charge is -2.22. The predicted octanol–water partition coefficient (Wildman–Crippen LogP) is 3.37. The van der Waals surface area contributed by atoms with E-state index >= 15 is 0 Å². The van der Waals surface area contributed by atoms with Gasteiger partial charge in [0.05, 0.1) is 23.1 Å². The van der Waals surface area contributed by atoms with Crippen LogP contribution in [0.2, 0.25) is 5.02 Å². The molecule has 1 saturated carbocycles. The Morgan fingerprint density at radius 3 is 2.69 bits per heavy atom. The number of carbonyl (C=O) groups excluding carboxylic acids is 1. The van der Waals surface area contributed by atoms with Crippen molar-refractivity contribution in [2.75, 3.05) is 31.1 Å². The number of fused-ring (bicyclic) bond motifs is 2. The van der Waals surface area contributed by atoms with Gasteiger partial charge in [0.1, 0.15) is 5.82 Å². The summed E-state index contributed by atoms with van der Waals surface area (Å²) in [5, 5.41) is 0.668. The molecule has 3 fully saturated rings. The second-order valence-electron chi connectivity index (χ2n) is 7.99. The highest BCUT2D eigenvalue weighted by Gasteiger charge is 2.41. The zero-order chi connectivity index (χ0) is 17.7. The molecule has 0 N–H and O–H groups in total. The Morgan fingerprint density at radius 2 is 1.88 bits per heavy atom. The summed E-state index contributed by atoms with van der Waals surface area (Å²) in [5.41, 5.74) is 1.64. The fourth-order valence-corrected chi connectivity index (χ4v) is 5.14. The maximum absolute atomic E-state index is 13.0. The number of hydrogen-bond donors (Lipinski definition) is 0. The monoisotopic (exact) mass is 370 g/mol. The maximum atomic E-state index is 13.0. The minimum absolute atomic E-state index is 0.0940. The summed E-state index contributed by atoms with van der Waals surface area (Å²) in [7, 11) is 0. The molecule has 1 aliphatic carbocycles. The molecule has 1 amide bonds. The number of nitrogens with zero attached hydrogens (tertiary/aromatic N) is 4. The molecule has 3 unspecified atom stereocenters. The summed E-state index contributed by atoms with van der Waals surface area (Å²) in [6.45, 7) is 3.58. The molecular weight excluding hydrogens is 348 g/mol. The van der Waals surface area contributed by atoms with E-state index in [-0.39, 0.29) is 5.92 Å². The lowest BCUT2D eigenvalue weighted by Crippen LogP contribution is -2.36. The fraction of sp³-hybridized carbons (Fsp3) is 0.550. The van der Waals surface area contributed by atoms with Crippen molar-refractivity contribution in [2.24, 2.45) is 17.8 Å². The zero-order valence-electron chi connectivity index (χ0n) is 14.8. The van der Waals surface area contributed by atoms with Crippen LogP contribution in [-0.2, 0) is 4.79 Å². The van der Waals surface area contributed by atoms with E-state index in [0.29, 0.717) is 10.9 Å². The molecule has 2 aromatic rings. The average Bonchev–Trinajstić information content (AvgIpc) is 3.36. The highest BCUT2D eigenvalue weighted by Crippen LogP contribution is 2.38. The summed E-state index contributed by atoms with van der Waals surface area (Å²) in [4.78, 5) is 26.5. The van der Waals surface area contributed by atoms with E-state index in [1.165, 1.54) is 19.3 Å². The van der Waals surface area contributed by atoms with Crippen LogP contribution >= 0.6 is 11.6 Å². The van der Waals surface area contributed by atoms with E-state index in [0.717, 1.165) is 61.3 Å². The summed E-state index contributed by atoms with van der Waals surface area (Å²) in [6.07, 6.45) is 6.67. The first kappa shape index (κ1) is 16.3. The van der Waals surface area contributed by atoms with Crippen molar-refractivity contribution in [3.63, 3.8) is 0 Å². The van der Waals surface area contributed by atoms with Crippen molar-refractivity contribution in [3.05, 3.63) is 29.4 Å². The smallest absolute Gasteiger partial charge is 0.227 e. The molecule has 1 aromatic carbocycles. The van der Waals surface area contributed by atoms with Crippen LogP contribution in [0, 0.1) is 17.8 Å². The Kier molecular flexibility index (Phi) is 4.00. The molecule has 0 bridgehead atoms. The number of amides is 1. The number of carbonyl (C=O) groups is 1. The van der Waals surface area contributed by atoms with Gasteiger partial charge in [0.15, 0.2) is 0 Å². The second kappa shape index (κ2) is 6.38. The summed E-state index contributed by atoms with van der Waals surface area (Å²) in [5.74, 6) is 2.82. The van der Waals surface area contributed by atoms with Crippen LogP contribution in [0.3, 0.4) is 0 Å². The van der Waals surface area contributed by atoms with Gasteiger partial charge in [-0.15, -0.1) is 0 Å². The van der Waals surface area contributed by atoms with E-state index in [2.05, 4.69) is 14.8 Å². The highest BCUT2D eigenvalue weighted by molar-refractivity contribution is 6.31. The van der Waals surface area contributed by atoms with Crippen molar-refractivity contribution in [2.45, 2.75) is 25.7 Å². The number of likely N-dealkylation sites (tertiary alicyclic amines) is 1. The molecule has 26 heavy (non-hydrogen) atoms. The summed E-state index contributed by atoms with van der Waals surface area (Å²) >= 11 is 6.02. The Labute approximate surface area is 158 Å². The quantitative estimate of drug-likeness (QED) is 0.813. The van der Waals surface area contributed by atoms with Gasteiger partial charge in [-0.3, -0.25) is 9.78 Å². The van der Waals surface area contributed by atoms with Crippen LogP contribution in [-0.4, -0.2) is 47.0 Å². The SMILES string of the molecule is O=C(C1CCN(c2cnc3cc(Cl)ccc3n2)C1)N1CC2CCCC2C1. The molecule has 136 valence electrons. The molecule has 3 heterocycles. The first-order valence-corrected chi connectivity index (χ1v) is 10.0. The molecule has 5 nitrogen and oxygen atoms in total. The van der Waals surface area contributed by atoms with E-state index in [4.69, 9.17) is 16.6 Å². The minimum atomic E-state index is 0.0940. The number of hydrogen-bond acceptors (Lipinski definition) is 4. The minimum Gasteiger partial charge on any atom is -0.354 e. The molecule has 2 saturated heterocycles. The van der Waals surface area contributed by atoms with Crippen LogP contribution in [0.15, 0.2) is 24.4 Å². The van der Waals surface area contributed by atoms with E-state index < -0.39 is 0 Å². The number of benzene rings is 1. The van der Waals surface area contributed by atoms with Gasteiger partial charge in [-0.2, -0.15) is 0 Å². The normalized spacial score (nSPS) is 28.1. The Morgan fingerprint density at radius 1 is 1.08 bits per heavy atom. The standard InChI is InChI=1S/C20H23ClN4O/c21-16-4-5-17-18(8-16)22-9-19(23-17)24-7-6-15(12-24)20(26)25-10-13-2-1-3-14(13)11-25/h4-5,8-9,13-15H,1-3,6-7,10-12H2. The molecule has 0 spiro atoms. The van der Waals surface area contributed by atoms with Crippen LogP contribution in [0.5, 0.6) is 0 Å². The molecule has 6 heteroatoms. The third kappa shape index (κ3) is 2.82. The lowest BCUT2D eigenvalue weighted by atomic mass is 10.0. The van der Waals surface area contributed by atoms with Crippen LogP contribution < -0.4 is 4.90 Å². The molecule has 0 radical (unpaired) electrons. The van der Waals surface area contributed by atoms with Gasteiger partial charge in [0.2, 0.25) is 5.91 Å². The molecule has 2 aliphatic heterocycles. The third-order valence-corrected chi connectivity index (χ3v) is 6.63. The van der Waals surface area contributed by atoms with Crippen molar-refractivity contribution < 1.29 is 4.79 Å². The first-order chi connectivity index (χ1) is 12.7. The lowest BCUT2D eigenvalue weighted by molar-refractivity contribution is -0.134. The Bertz CT molecular complexity index is 845.